The largest absolute Gasteiger partial charge is 0.456 e. The van der Waals surface area contributed by atoms with Gasteiger partial charge in [-0.1, -0.05) is 26.2 Å². The van der Waals surface area contributed by atoms with Crippen molar-refractivity contribution < 1.29 is 14.3 Å². The Morgan fingerprint density at radius 1 is 1.12 bits per heavy atom. The molecule has 1 unspecified atom stereocenters. The molecule has 0 radical (unpaired) electrons. The standard InChI is InChI=1S/C21H29NO3/c1-3-4-5-6-9-15-16-10-7-12-18(24)20(16)22-21-17(15)11-8-13-19(21)25-14(2)23/h19H,3-13H2,1-2H3. The zero-order chi connectivity index (χ0) is 17.8. The van der Waals surface area contributed by atoms with Crippen LogP contribution < -0.4 is 0 Å². The van der Waals surface area contributed by atoms with Crippen LogP contribution in [0.4, 0.5) is 0 Å². The van der Waals surface area contributed by atoms with Gasteiger partial charge in [-0.2, -0.15) is 0 Å². The first-order valence-corrected chi connectivity index (χ1v) is 9.86. The molecule has 1 aromatic heterocycles. The summed E-state index contributed by atoms with van der Waals surface area (Å²) in [7, 11) is 0. The third kappa shape index (κ3) is 3.94. The van der Waals surface area contributed by atoms with E-state index >= 15 is 0 Å². The number of ketones is 1. The van der Waals surface area contributed by atoms with E-state index in [0.29, 0.717) is 12.1 Å². The summed E-state index contributed by atoms with van der Waals surface area (Å²) >= 11 is 0. The van der Waals surface area contributed by atoms with Crippen molar-refractivity contribution in [1.29, 1.82) is 0 Å². The van der Waals surface area contributed by atoms with Gasteiger partial charge in [0.1, 0.15) is 11.8 Å². The normalized spacial score (nSPS) is 19.3. The van der Waals surface area contributed by atoms with Crippen LogP contribution in [0.2, 0.25) is 0 Å². The van der Waals surface area contributed by atoms with Crippen LogP contribution in [0.15, 0.2) is 0 Å². The van der Waals surface area contributed by atoms with E-state index in [0.717, 1.165) is 50.6 Å². The lowest BCUT2D eigenvalue weighted by molar-refractivity contribution is -0.147. The molecule has 0 amide bonds. The molecule has 0 N–H and O–H groups in total. The molecule has 2 aliphatic rings. The van der Waals surface area contributed by atoms with E-state index in [1.807, 2.05) is 0 Å². The molecular weight excluding hydrogens is 314 g/mol. The van der Waals surface area contributed by atoms with E-state index in [9.17, 15) is 9.59 Å². The lowest BCUT2D eigenvalue weighted by atomic mass is 9.81. The summed E-state index contributed by atoms with van der Waals surface area (Å²) in [5.74, 6) is -0.112. The van der Waals surface area contributed by atoms with Gasteiger partial charge in [-0.05, 0) is 61.6 Å². The van der Waals surface area contributed by atoms with Crippen molar-refractivity contribution in [3.63, 3.8) is 0 Å². The summed E-state index contributed by atoms with van der Waals surface area (Å²) in [4.78, 5) is 28.7. The van der Waals surface area contributed by atoms with Gasteiger partial charge in [0.05, 0.1) is 5.69 Å². The van der Waals surface area contributed by atoms with Gasteiger partial charge in [-0.15, -0.1) is 0 Å². The summed E-state index contributed by atoms with van der Waals surface area (Å²) in [5.41, 5.74) is 5.33. The summed E-state index contributed by atoms with van der Waals surface area (Å²) in [6.45, 7) is 3.67. The Morgan fingerprint density at radius 3 is 2.68 bits per heavy atom. The molecular formula is C21H29NO3. The van der Waals surface area contributed by atoms with Crippen LogP contribution in [0.1, 0.15) is 104 Å². The summed E-state index contributed by atoms with van der Waals surface area (Å²) in [5, 5.41) is 0. The van der Waals surface area contributed by atoms with Gasteiger partial charge in [0.25, 0.3) is 0 Å². The number of hydrogen-bond acceptors (Lipinski definition) is 4. The second kappa shape index (κ2) is 8.11. The average Bonchev–Trinajstić information content (AvgIpc) is 2.59. The van der Waals surface area contributed by atoms with E-state index in [1.54, 1.807) is 0 Å². The molecule has 4 nitrogen and oxygen atoms in total. The van der Waals surface area contributed by atoms with Crippen LogP contribution in [0, 0.1) is 0 Å². The first-order chi connectivity index (χ1) is 12.1. The number of Topliss-reactive ketones (excluding diaryl/α,β-unsaturated/α-hetero) is 1. The number of hydrogen-bond donors (Lipinski definition) is 0. The van der Waals surface area contributed by atoms with Gasteiger partial charge < -0.3 is 4.74 Å². The monoisotopic (exact) mass is 343 g/mol. The fourth-order valence-corrected chi connectivity index (χ4v) is 4.27. The Labute approximate surface area is 150 Å². The number of unbranched alkanes of at least 4 members (excludes halogenated alkanes) is 3. The highest BCUT2D eigenvalue weighted by atomic mass is 16.5. The second-order valence-electron chi connectivity index (χ2n) is 7.36. The predicted octanol–water partition coefficient (Wildman–Crippen LogP) is 4.66. The van der Waals surface area contributed by atoms with Crippen molar-refractivity contribution in [2.45, 2.75) is 90.6 Å². The quantitative estimate of drug-likeness (QED) is 0.556. The number of carbonyl (C=O) groups excluding carboxylic acids is 2. The van der Waals surface area contributed by atoms with Gasteiger partial charge in [0.15, 0.2) is 5.78 Å². The molecule has 0 aromatic carbocycles. The molecule has 0 fully saturated rings. The molecule has 1 heterocycles. The number of pyridine rings is 1. The molecule has 136 valence electrons. The van der Waals surface area contributed by atoms with E-state index in [-0.39, 0.29) is 17.9 Å². The topological polar surface area (TPSA) is 56.3 Å². The van der Waals surface area contributed by atoms with Crippen LogP contribution >= 0.6 is 0 Å². The van der Waals surface area contributed by atoms with E-state index in [2.05, 4.69) is 6.92 Å². The molecule has 1 atom stereocenters. The van der Waals surface area contributed by atoms with E-state index in [1.165, 1.54) is 42.9 Å². The molecule has 0 bridgehead atoms. The Kier molecular flexibility index (Phi) is 5.87. The molecule has 4 heteroatoms. The lowest BCUT2D eigenvalue weighted by Gasteiger charge is -2.30. The summed E-state index contributed by atoms with van der Waals surface area (Å²) in [6.07, 6.45) is 10.9. The van der Waals surface area contributed by atoms with Crippen molar-refractivity contribution in [1.82, 2.24) is 4.98 Å². The van der Waals surface area contributed by atoms with Gasteiger partial charge >= 0.3 is 5.97 Å². The third-order valence-electron chi connectivity index (χ3n) is 5.44. The van der Waals surface area contributed by atoms with E-state index in [4.69, 9.17) is 9.72 Å². The molecule has 0 saturated heterocycles. The number of carbonyl (C=O) groups is 2. The highest BCUT2D eigenvalue weighted by molar-refractivity contribution is 5.97. The maximum absolute atomic E-state index is 12.5. The van der Waals surface area contributed by atoms with E-state index < -0.39 is 0 Å². The van der Waals surface area contributed by atoms with Crippen LogP contribution in [0.5, 0.6) is 0 Å². The summed E-state index contributed by atoms with van der Waals surface area (Å²) in [6, 6.07) is 0. The number of aromatic nitrogens is 1. The van der Waals surface area contributed by atoms with Gasteiger partial charge in [0.2, 0.25) is 0 Å². The SMILES string of the molecule is CCCCCCc1c2c(nc3c1CCCC3OC(C)=O)C(=O)CCC2. The Balaban J connectivity index is 2.00. The molecule has 0 saturated carbocycles. The highest BCUT2D eigenvalue weighted by Gasteiger charge is 2.32. The molecule has 0 spiro atoms. The molecule has 2 aliphatic carbocycles. The van der Waals surface area contributed by atoms with Crippen molar-refractivity contribution in [2.75, 3.05) is 0 Å². The van der Waals surface area contributed by atoms with Gasteiger partial charge in [0, 0.05) is 13.3 Å². The summed E-state index contributed by atoms with van der Waals surface area (Å²) < 4.78 is 5.53. The van der Waals surface area contributed by atoms with Crippen LogP contribution in [0.3, 0.4) is 0 Å². The highest BCUT2D eigenvalue weighted by Crippen LogP contribution is 2.38. The fraction of sp³-hybridized carbons (Fsp3) is 0.667. The lowest BCUT2D eigenvalue weighted by Crippen LogP contribution is -2.24. The van der Waals surface area contributed by atoms with Gasteiger partial charge in [-0.25, -0.2) is 4.98 Å². The number of rotatable bonds is 6. The zero-order valence-corrected chi connectivity index (χ0v) is 15.5. The van der Waals surface area contributed by atoms with Crippen molar-refractivity contribution in [2.24, 2.45) is 0 Å². The Hall–Kier alpha value is -1.71. The minimum absolute atomic E-state index is 0.158. The van der Waals surface area contributed by atoms with Crippen molar-refractivity contribution in [3.05, 3.63) is 28.1 Å². The maximum atomic E-state index is 12.5. The van der Waals surface area contributed by atoms with Crippen molar-refractivity contribution >= 4 is 11.8 Å². The average molecular weight is 343 g/mol. The van der Waals surface area contributed by atoms with Crippen LogP contribution in [0.25, 0.3) is 0 Å². The first-order valence-electron chi connectivity index (χ1n) is 9.86. The fourth-order valence-electron chi connectivity index (χ4n) is 4.27. The number of fused-ring (bicyclic) bond motifs is 2. The molecule has 25 heavy (non-hydrogen) atoms. The Bertz CT molecular complexity index is 666. The minimum Gasteiger partial charge on any atom is -0.456 e. The maximum Gasteiger partial charge on any atom is 0.303 e. The number of ether oxygens (including phenoxy) is 1. The minimum atomic E-state index is -0.282. The first kappa shape index (κ1) is 18.1. The van der Waals surface area contributed by atoms with Crippen LogP contribution in [-0.2, 0) is 28.8 Å². The molecule has 3 rings (SSSR count). The van der Waals surface area contributed by atoms with Crippen LogP contribution in [-0.4, -0.2) is 16.7 Å². The number of nitrogens with zero attached hydrogens (tertiary/aromatic N) is 1. The Morgan fingerprint density at radius 2 is 1.92 bits per heavy atom. The van der Waals surface area contributed by atoms with Crippen molar-refractivity contribution in [3.8, 4) is 0 Å². The predicted molar refractivity (Wildman–Crippen MR) is 96.8 cm³/mol. The third-order valence-corrected chi connectivity index (χ3v) is 5.44. The smallest absolute Gasteiger partial charge is 0.303 e. The zero-order valence-electron chi connectivity index (χ0n) is 15.5. The molecule has 1 aromatic rings. The second-order valence-corrected chi connectivity index (χ2v) is 7.36. The molecule has 0 aliphatic heterocycles. The van der Waals surface area contributed by atoms with Gasteiger partial charge in [-0.3, -0.25) is 9.59 Å². The number of esters is 1.